The van der Waals surface area contributed by atoms with Crippen LogP contribution in [0.25, 0.3) is 6.08 Å². The molecule has 0 N–H and O–H groups in total. The second-order valence-electron chi connectivity index (χ2n) is 2.24. The molecule has 2 heteroatoms. The van der Waals surface area contributed by atoms with Crippen molar-refractivity contribution in [3.8, 4) is 0 Å². The molecule has 0 atom stereocenters. The fourth-order valence-corrected chi connectivity index (χ4v) is 1.15. The minimum atomic E-state index is 0.00821. The van der Waals surface area contributed by atoms with Gasteiger partial charge in [0.2, 0.25) is 0 Å². The Labute approximate surface area is 78.1 Å². The first-order valence-corrected chi connectivity index (χ1v) is 4.36. The van der Waals surface area contributed by atoms with Crippen molar-refractivity contribution in [2.24, 2.45) is 0 Å². The van der Waals surface area contributed by atoms with E-state index in [2.05, 4.69) is 31.8 Å². The van der Waals surface area contributed by atoms with E-state index in [0.717, 1.165) is 11.1 Å². The monoisotopic (exact) mass is 182 g/mol. The maximum atomic E-state index is 4.19. The lowest BCUT2D eigenvalue weighted by Crippen LogP contribution is -1.80. The summed E-state index contributed by atoms with van der Waals surface area (Å²) in [7, 11) is 0. The Bertz CT molecular complexity index is 236. The summed E-state index contributed by atoms with van der Waals surface area (Å²) in [6, 6.07) is 8.01. The van der Waals surface area contributed by atoms with E-state index in [1.54, 1.807) is 0 Å². The summed E-state index contributed by atoms with van der Waals surface area (Å²) in [6.45, 7) is 3.67. The van der Waals surface area contributed by atoms with Crippen LogP contribution in [0.4, 0.5) is 0 Å². The summed E-state index contributed by atoms with van der Waals surface area (Å²) in [4.78, 5) is 0. The van der Waals surface area contributed by atoms with E-state index in [1.165, 1.54) is 0 Å². The Morgan fingerprint density at radius 3 is 2.09 bits per heavy atom. The van der Waals surface area contributed by atoms with Crippen molar-refractivity contribution in [3.05, 3.63) is 42.0 Å². The molecule has 0 heterocycles. The molecule has 11 heavy (non-hydrogen) atoms. The van der Waals surface area contributed by atoms with Crippen LogP contribution in [0.3, 0.4) is 0 Å². The van der Waals surface area contributed by atoms with Gasteiger partial charge in [-0.2, -0.15) is 25.3 Å². The van der Waals surface area contributed by atoms with Gasteiger partial charge < -0.3 is 0 Å². The smallest absolute Gasteiger partial charge is 0.0692 e. The summed E-state index contributed by atoms with van der Waals surface area (Å²) in [5.41, 5.74) is 2.23. The van der Waals surface area contributed by atoms with Gasteiger partial charge in [0.25, 0.3) is 0 Å². The molecule has 0 saturated carbocycles. The van der Waals surface area contributed by atoms with Crippen molar-refractivity contribution < 1.29 is 0 Å². The first-order valence-electron chi connectivity index (χ1n) is 3.32. The van der Waals surface area contributed by atoms with Crippen molar-refractivity contribution in [2.75, 3.05) is 0 Å². The largest absolute Gasteiger partial charge is 0.160 e. The zero-order chi connectivity index (χ0) is 8.27. The Morgan fingerprint density at radius 2 is 1.73 bits per heavy atom. The molecule has 0 saturated heterocycles. The fourth-order valence-electron chi connectivity index (χ4n) is 0.804. The van der Waals surface area contributed by atoms with Crippen LogP contribution in [0.15, 0.2) is 30.8 Å². The van der Waals surface area contributed by atoms with Crippen LogP contribution in [0.5, 0.6) is 0 Å². The molecule has 0 aromatic heterocycles. The molecule has 0 radical (unpaired) electrons. The van der Waals surface area contributed by atoms with Crippen molar-refractivity contribution in [3.63, 3.8) is 0 Å². The number of hydrogen-bond donors (Lipinski definition) is 2. The van der Waals surface area contributed by atoms with Crippen molar-refractivity contribution in [2.45, 2.75) is 4.58 Å². The fraction of sp³-hybridized carbons (Fsp3) is 0.111. The standard InChI is InChI=1S/C9H10S2/c1-2-7-3-5-8(6-4-7)9(10)11/h2-6,9-11H,1H2. The number of thiol groups is 2. The van der Waals surface area contributed by atoms with E-state index in [4.69, 9.17) is 0 Å². The van der Waals surface area contributed by atoms with Gasteiger partial charge in [0.15, 0.2) is 0 Å². The normalized spacial score (nSPS) is 10.1. The van der Waals surface area contributed by atoms with Crippen LogP contribution in [0.2, 0.25) is 0 Å². The topological polar surface area (TPSA) is 0 Å². The van der Waals surface area contributed by atoms with Crippen LogP contribution in [0.1, 0.15) is 15.7 Å². The van der Waals surface area contributed by atoms with Crippen LogP contribution >= 0.6 is 25.3 Å². The SMILES string of the molecule is C=Cc1ccc(C(S)S)cc1. The molecule has 0 bridgehead atoms. The third kappa shape index (κ3) is 2.31. The highest BCUT2D eigenvalue weighted by Gasteiger charge is 1.97. The van der Waals surface area contributed by atoms with Gasteiger partial charge in [-0.25, -0.2) is 0 Å². The minimum absolute atomic E-state index is 0.00821. The molecular formula is C9H10S2. The first-order chi connectivity index (χ1) is 5.24. The molecule has 0 aliphatic heterocycles. The molecule has 58 valence electrons. The van der Waals surface area contributed by atoms with Gasteiger partial charge in [0.05, 0.1) is 4.58 Å². The third-order valence-electron chi connectivity index (χ3n) is 1.47. The number of benzene rings is 1. The van der Waals surface area contributed by atoms with E-state index in [1.807, 2.05) is 30.3 Å². The lowest BCUT2D eigenvalue weighted by molar-refractivity contribution is 1.40. The second-order valence-corrected chi connectivity index (χ2v) is 3.68. The zero-order valence-electron chi connectivity index (χ0n) is 6.07. The van der Waals surface area contributed by atoms with Gasteiger partial charge in [-0.05, 0) is 11.1 Å². The third-order valence-corrected chi connectivity index (χ3v) is 2.07. The van der Waals surface area contributed by atoms with Crippen molar-refractivity contribution in [1.29, 1.82) is 0 Å². The van der Waals surface area contributed by atoms with Gasteiger partial charge in [0, 0.05) is 0 Å². The van der Waals surface area contributed by atoms with Gasteiger partial charge >= 0.3 is 0 Å². The second kappa shape index (κ2) is 3.88. The Balaban J connectivity index is 2.91. The van der Waals surface area contributed by atoms with Gasteiger partial charge in [-0.3, -0.25) is 0 Å². The lowest BCUT2D eigenvalue weighted by Gasteiger charge is -2.02. The molecule has 0 fully saturated rings. The minimum Gasteiger partial charge on any atom is -0.160 e. The van der Waals surface area contributed by atoms with E-state index in [0.29, 0.717) is 0 Å². The summed E-state index contributed by atoms with van der Waals surface area (Å²) in [5.74, 6) is 0. The molecule has 0 unspecified atom stereocenters. The first kappa shape index (κ1) is 8.75. The van der Waals surface area contributed by atoms with E-state index >= 15 is 0 Å². The lowest BCUT2D eigenvalue weighted by atomic mass is 10.1. The summed E-state index contributed by atoms with van der Waals surface area (Å²) >= 11 is 8.38. The molecule has 0 amide bonds. The number of rotatable bonds is 2. The highest BCUT2D eigenvalue weighted by Crippen LogP contribution is 2.23. The molecule has 0 spiro atoms. The number of hydrogen-bond acceptors (Lipinski definition) is 2. The van der Waals surface area contributed by atoms with Crippen LogP contribution in [0, 0.1) is 0 Å². The Hall–Kier alpha value is -0.340. The summed E-state index contributed by atoms with van der Waals surface area (Å²) < 4.78 is 0.00821. The molecular weight excluding hydrogens is 172 g/mol. The van der Waals surface area contributed by atoms with Gasteiger partial charge in [-0.1, -0.05) is 36.9 Å². The van der Waals surface area contributed by atoms with Gasteiger partial charge in [0.1, 0.15) is 0 Å². The average molecular weight is 182 g/mol. The molecule has 1 rings (SSSR count). The Morgan fingerprint density at radius 1 is 1.18 bits per heavy atom. The van der Waals surface area contributed by atoms with E-state index in [-0.39, 0.29) is 4.58 Å². The predicted molar refractivity (Wildman–Crippen MR) is 57.2 cm³/mol. The van der Waals surface area contributed by atoms with Gasteiger partial charge in [-0.15, -0.1) is 0 Å². The average Bonchev–Trinajstić information content (AvgIpc) is 2.05. The Kier molecular flexibility index (Phi) is 3.09. The highest BCUT2D eigenvalue weighted by atomic mass is 32.2. The molecule has 0 aliphatic rings. The van der Waals surface area contributed by atoms with Crippen LogP contribution in [-0.2, 0) is 0 Å². The van der Waals surface area contributed by atoms with Crippen LogP contribution < -0.4 is 0 Å². The summed E-state index contributed by atoms with van der Waals surface area (Å²) in [6.07, 6.45) is 1.82. The maximum Gasteiger partial charge on any atom is 0.0692 e. The highest BCUT2D eigenvalue weighted by molar-refractivity contribution is 7.98. The van der Waals surface area contributed by atoms with Crippen LogP contribution in [-0.4, -0.2) is 0 Å². The molecule has 0 nitrogen and oxygen atoms in total. The molecule has 1 aromatic carbocycles. The molecule has 0 aliphatic carbocycles. The van der Waals surface area contributed by atoms with E-state index < -0.39 is 0 Å². The van der Waals surface area contributed by atoms with Crippen molar-refractivity contribution >= 4 is 31.3 Å². The predicted octanol–water partition coefficient (Wildman–Crippen LogP) is 3.19. The molecule has 1 aromatic rings. The van der Waals surface area contributed by atoms with Crippen molar-refractivity contribution in [1.82, 2.24) is 0 Å². The quantitative estimate of drug-likeness (QED) is 0.509. The summed E-state index contributed by atoms with van der Waals surface area (Å²) in [5, 5.41) is 0. The van der Waals surface area contributed by atoms with E-state index in [9.17, 15) is 0 Å². The zero-order valence-corrected chi connectivity index (χ0v) is 7.85. The maximum absolute atomic E-state index is 4.19.